The van der Waals surface area contributed by atoms with Crippen molar-refractivity contribution in [3.05, 3.63) is 89.5 Å². The molecule has 2 aromatic carbocycles. The van der Waals surface area contributed by atoms with Crippen LogP contribution in [0.2, 0.25) is 0 Å². The van der Waals surface area contributed by atoms with E-state index in [4.69, 9.17) is 0 Å². The van der Waals surface area contributed by atoms with Crippen molar-refractivity contribution >= 4 is 27.1 Å². The molecular formula is C23H24N2O3S. The number of nitrogens with one attached hydrogen (secondary N) is 1. The van der Waals surface area contributed by atoms with Gasteiger partial charge in [0.05, 0.1) is 10.6 Å². The van der Waals surface area contributed by atoms with Crippen LogP contribution in [0.3, 0.4) is 0 Å². The first kappa shape index (κ1) is 20.8. The SMILES string of the molecule is CCN=C1C=CC(=C(c2ccc(NCC)cc2)c2cccc(S(=O)(=O)O)c2)C=C1. The maximum atomic E-state index is 11.6. The van der Waals surface area contributed by atoms with Gasteiger partial charge in [-0.1, -0.05) is 36.4 Å². The molecule has 5 nitrogen and oxygen atoms in total. The average molecular weight is 409 g/mol. The first-order valence-corrected chi connectivity index (χ1v) is 10.9. The fraction of sp³-hybridized carbons (Fsp3) is 0.174. The summed E-state index contributed by atoms with van der Waals surface area (Å²) in [4.78, 5) is 4.27. The van der Waals surface area contributed by atoms with Crippen molar-refractivity contribution in [1.29, 1.82) is 0 Å². The van der Waals surface area contributed by atoms with Crippen LogP contribution in [-0.2, 0) is 10.1 Å². The number of hydrogen-bond donors (Lipinski definition) is 2. The molecule has 3 rings (SSSR count). The van der Waals surface area contributed by atoms with Crippen LogP contribution in [0.25, 0.3) is 5.57 Å². The fourth-order valence-electron chi connectivity index (χ4n) is 3.19. The van der Waals surface area contributed by atoms with Crippen LogP contribution in [0.4, 0.5) is 5.69 Å². The minimum atomic E-state index is -4.29. The number of rotatable bonds is 6. The normalized spacial score (nSPS) is 13.5. The van der Waals surface area contributed by atoms with Gasteiger partial charge in [0.2, 0.25) is 0 Å². The number of allylic oxidation sites excluding steroid dienone is 5. The molecule has 0 fully saturated rings. The molecule has 1 aliphatic carbocycles. The lowest BCUT2D eigenvalue weighted by atomic mass is 9.91. The highest BCUT2D eigenvalue weighted by Gasteiger charge is 2.15. The predicted molar refractivity (Wildman–Crippen MR) is 119 cm³/mol. The highest BCUT2D eigenvalue weighted by Crippen LogP contribution is 2.31. The highest BCUT2D eigenvalue weighted by molar-refractivity contribution is 7.85. The summed E-state index contributed by atoms with van der Waals surface area (Å²) in [5.41, 5.74) is 5.37. The monoisotopic (exact) mass is 408 g/mol. The number of nitrogens with zero attached hydrogens (tertiary/aromatic N) is 1. The van der Waals surface area contributed by atoms with E-state index in [1.807, 2.05) is 68.5 Å². The largest absolute Gasteiger partial charge is 0.385 e. The summed E-state index contributed by atoms with van der Waals surface area (Å²) >= 11 is 0. The lowest BCUT2D eigenvalue weighted by Gasteiger charge is -2.15. The summed E-state index contributed by atoms with van der Waals surface area (Å²) in [6.07, 6.45) is 7.83. The minimum Gasteiger partial charge on any atom is -0.385 e. The van der Waals surface area contributed by atoms with Gasteiger partial charge in [0.15, 0.2) is 0 Å². The van der Waals surface area contributed by atoms with Crippen LogP contribution in [0, 0.1) is 0 Å². The Morgan fingerprint density at radius 1 is 0.966 bits per heavy atom. The van der Waals surface area contributed by atoms with E-state index in [-0.39, 0.29) is 4.90 Å². The van der Waals surface area contributed by atoms with Gasteiger partial charge in [-0.15, -0.1) is 0 Å². The van der Waals surface area contributed by atoms with Gasteiger partial charge in [-0.05, 0) is 72.5 Å². The highest BCUT2D eigenvalue weighted by atomic mass is 32.2. The molecule has 0 atom stereocenters. The number of benzene rings is 2. The van der Waals surface area contributed by atoms with Crippen molar-refractivity contribution in [2.75, 3.05) is 18.4 Å². The van der Waals surface area contributed by atoms with Crippen LogP contribution in [-0.4, -0.2) is 31.8 Å². The Balaban J connectivity index is 2.16. The second-order valence-electron chi connectivity index (χ2n) is 6.51. The van der Waals surface area contributed by atoms with Crippen LogP contribution in [0.15, 0.2) is 88.3 Å². The van der Waals surface area contributed by atoms with E-state index in [2.05, 4.69) is 10.3 Å². The summed E-state index contributed by atoms with van der Waals surface area (Å²) in [6.45, 7) is 5.56. The summed E-state index contributed by atoms with van der Waals surface area (Å²) < 4.78 is 32.7. The Bertz CT molecular complexity index is 1090. The third-order valence-electron chi connectivity index (χ3n) is 4.47. The molecule has 150 valence electrons. The van der Waals surface area contributed by atoms with E-state index >= 15 is 0 Å². The fourth-order valence-corrected chi connectivity index (χ4v) is 3.71. The zero-order chi connectivity index (χ0) is 20.9. The Labute approximate surface area is 172 Å². The lowest BCUT2D eigenvalue weighted by molar-refractivity contribution is 0.483. The molecule has 0 aromatic heterocycles. The van der Waals surface area contributed by atoms with Crippen molar-refractivity contribution in [3.63, 3.8) is 0 Å². The first-order chi connectivity index (χ1) is 13.9. The van der Waals surface area contributed by atoms with Gasteiger partial charge >= 0.3 is 0 Å². The van der Waals surface area contributed by atoms with Crippen molar-refractivity contribution in [3.8, 4) is 0 Å². The maximum Gasteiger partial charge on any atom is 0.294 e. The molecule has 2 N–H and O–H groups in total. The molecule has 6 heteroatoms. The van der Waals surface area contributed by atoms with Crippen LogP contribution in [0.1, 0.15) is 25.0 Å². The molecular weight excluding hydrogens is 384 g/mol. The number of aliphatic imine (C=N–C) groups is 1. The van der Waals surface area contributed by atoms with Crippen molar-refractivity contribution in [2.24, 2.45) is 4.99 Å². The summed E-state index contributed by atoms with van der Waals surface area (Å²) in [6, 6.07) is 14.3. The first-order valence-electron chi connectivity index (χ1n) is 9.49. The average Bonchev–Trinajstić information content (AvgIpc) is 2.71. The Morgan fingerprint density at radius 2 is 1.66 bits per heavy atom. The summed E-state index contributed by atoms with van der Waals surface area (Å²) in [5.74, 6) is 0. The van der Waals surface area contributed by atoms with Crippen molar-refractivity contribution in [2.45, 2.75) is 18.7 Å². The summed E-state index contributed by atoms with van der Waals surface area (Å²) in [7, 11) is -4.29. The smallest absolute Gasteiger partial charge is 0.294 e. The molecule has 0 spiro atoms. The van der Waals surface area contributed by atoms with Crippen LogP contribution >= 0.6 is 0 Å². The van der Waals surface area contributed by atoms with Gasteiger partial charge in [-0.2, -0.15) is 8.42 Å². The van der Waals surface area contributed by atoms with Crippen molar-refractivity contribution in [1.82, 2.24) is 0 Å². The van der Waals surface area contributed by atoms with E-state index in [0.29, 0.717) is 12.1 Å². The van der Waals surface area contributed by atoms with E-state index in [9.17, 15) is 13.0 Å². The number of anilines is 1. The lowest BCUT2D eigenvalue weighted by Crippen LogP contribution is -2.02. The molecule has 0 amide bonds. The quantitative estimate of drug-likeness (QED) is 0.676. The molecule has 0 saturated carbocycles. The Morgan fingerprint density at radius 3 is 2.24 bits per heavy atom. The number of hydrogen-bond acceptors (Lipinski definition) is 4. The van der Waals surface area contributed by atoms with Gasteiger partial charge < -0.3 is 5.32 Å². The Kier molecular flexibility index (Phi) is 6.46. The van der Waals surface area contributed by atoms with Gasteiger partial charge in [0.25, 0.3) is 10.1 Å². The van der Waals surface area contributed by atoms with Gasteiger partial charge in [0.1, 0.15) is 0 Å². The molecule has 0 radical (unpaired) electrons. The van der Waals surface area contributed by atoms with Gasteiger partial charge in [-0.3, -0.25) is 9.55 Å². The third kappa shape index (κ3) is 5.10. The van der Waals surface area contributed by atoms with Crippen LogP contribution < -0.4 is 5.32 Å². The van der Waals surface area contributed by atoms with E-state index in [0.717, 1.165) is 34.7 Å². The zero-order valence-electron chi connectivity index (χ0n) is 16.5. The van der Waals surface area contributed by atoms with E-state index < -0.39 is 10.1 Å². The van der Waals surface area contributed by atoms with E-state index in [1.165, 1.54) is 12.1 Å². The molecule has 0 aliphatic heterocycles. The second kappa shape index (κ2) is 9.03. The molecule has 0 unspecified atom stereocenters. The minimum absolute atomic E-state index is 0.130. The predicted octanol–water partition coefficient (Wildman–Crippen LogP) is 4.75. The second-order valence-corrected chi connectivity index (χ2v) is 7.93. The van der Waals surface area contributed by atoms with Gasteiger partial charge in [0, 0.05) is 18.8 Å². The topological polar surface area (TPSA) is 78.8 Å². The summed E-state index contributed by atoms with van der Waals surface area (Å²) in [5, 5.41) is 3.27. The molecule has 1 aliphatic rings. The molecule has 0 bridgehead atoms. The molecule has 0 heterocycles. The third-order valence-corrected chi connectivity index (χ3v) is 5.32. The molecule has 2 aromatic rings. The van der Waals surface area contributed by atoms with Crippen LogP contribution in [0.5, 0.6) is 0 Å². The zero-order valence-corrected chi connectivity index (χ0v) is 17.3. The maximum absolute atomic E-state index is 11.6. The van der Waals surface area contributed by atoms with Gasteiger partial charge in [-0.25, -0.2) is 0 Å². The van der Waals surface area contributed by atoms with Crippen molar-refractivity contribution < 1.29 is 13.0 Å². The standard InChI is InChI=1S/C23H24N2O3S/c1-3-24-20-12-8-17(9-13-20)23(18-10-14-21(15-11-18)25-4-2)19-6-5-7-22(16-19)29(26,27)28/h5-16,24H,3-4H2,1-2H3,(H,26,27,28). The Hall–Kier alpha value is -2.96. The molecule has 29 heavy (non-hydrogen) atoms. The molecule has 0 saturated heterocycles. The van der Waals surface area contributed by atoms with E-state index in [1.54, 1.807) is 6.07 Å².